The molecule has 1 atom stereocenters. The summed E-state index contributed by atoms with van der Waals surface area (Å²) < 4.78 is 47.4. The molecule has 136 valence electrons. The Labute approximate surface area is 146 Å². The molecule has 25 heavy (non-hydrogen) atoms. The van der Waals surface area contributed by atoms with Gasteiger partial charge in [-0.3, -0.25) is 0 Å². The Balaban J connectivity index is 1.59. The van der Waals surface area contributed by atoms with E-state index in [9.17, 15) is 13.2 Å². The Morgan fingerprint density at radius 3 is 3.00 bits per heavy atom. The average molecular weight is 374 g/mol. The second-order valence-corrected chi connectivity index (χ2v) is 6.33. The summed E-state index contributed by atoms with van der Waals surface area (Å²) in [6.45, 7) is 1.95. The monoisotopic (exact) mass is 374 g/mol. The maximum Gasteiger partial charge on any atom is 0.433 e. The summed E-state index contributed by atoms with van der Waals surface area (Å²) in [5.74, 6) is 0.913. The zero-order chi connectivity index (χ0) is 17.9. The molecule has 11 heteroatoms. The van der Waals surface area contributed by atoms with Gasteiger partial charge >= 0.3 is 6.18 Å². The van der Waals surface area contributed by atoms with Crippen LogP contribution in [0.1, 0.15) is 17.9 Å². The minimum Gasteiger partial charge on any atom is -0.384 e. The number of rotatable bonds is 6. The molecule has 2 aromatic heterocycles. The molecule has 0 aliphatic carbocycles. The van der Waals surface area contributed by atoms with Gasteiger partial charge in [-0.15, -0.1) is 0 Å². The Hall–Kier alpha value is -2.01. The third kappa shape index (κ3) is 4.54. The lowest BCUT2D eigenvalue weighted by Crippen LogP contribution is -2.26. The van der Waals surface area contributed by atoms with Crippen LogP contribution in [0.3, 0.4) is 0 Å². The van der Waals surface area contributed by atoms with E-state index in [0.29, 0.717) is 19.6 Å². The minimum absolute atomic E-state index is 0.0118. The van der Waals surface area contributed by atoms with E-state index in [-0.39, 0.29) is 11.9 Å². The molecule has 2 aromatic rings. The van der Waals surface area contributed by atoms with Crippen LogP contribution in [-0.2, 0) is 17.3 Å². The van der Waals surface area contributed by atoms with Crippen molar-refractivity contribution in [2.24, 2.45) is 0 Å². The van der Waals surface area contributed by atoms with Crippen molar-refractivity contribution in [3.63, 3.8) is 0 Å². The molecule has 1 unspecified atom stereocenters. The lowest BCUT2D eigenvalue weighted by molar-refractivity contribution is -0.141. The first-order valence-electron chi connectivity index (χ1n) is 7.68. The topological polar surface area (TPSA) is 76.1 Å². The van der Waals surface area contributed by atoms with Crippen molar-refractivity contribution in [1.82, 2.24) is 19.3 Å². The van der Waals surface area contributed by atoms with Crippen LogP contribution in [0.5, 0.6) is 0 Å². The zero-order valence-electron chi connectivity index (χ0n) is 13.5. The predicted octanol–water partition coefficient (Wildman–Crippen LogP) is 2.23. The fourth-order valence-corrected chi connectivity index (χ4v) is 3.27. The quantitative estimate of drug-likeness (QED) is 0.831. The van der Waals surface area contributed by atoms with E-state index in [2.05, 4.69) is 29.5 Å². The van der Waals surface area contributed by atoms with Crippen LogP contribution in [0.2, 0.25) is 0 Å². The molecule has 1 saturated heterocycles. The molecule has 1 N–H and O–H groups in total. The van der Waals surface area contributed by atoms with Crippen LogP contribution in [-0.4, -0.2) is 52.2 Å². The Morgan fingerprint density at radius 2 is 2.24 bits per heavy atom. The highest BCUT2D eigenvalue weighted by molar-refractivity contribution is 7.09. The molecule has 1 aliphatic heterocycles. The number of ether oxygens (including phenoxy) is 1. The molecule has 0 bridgehead atoms. The summed E-state index contributed by atoms with van der Waals surface area (Å²) >= 11 is 1.32. The van der Waals surface area contributed by atoms with E-state index in [1.165, 1.54) is 11.5 Å². The molecule has 0 radical (unpaired) electrons. The fourth-order valence-electron chi connectivity index (χ4n) is 2.52. The summed E-state index contributed by atoms with van der Waals surface area (Å²) in [5, 5.41) is 3.85. The van der Waals surface area contributed by atoms with Crippen molar-refractivity contribution in [2.45, 2.75) is 25.1 Å². The molecular weight excluding hydrogens is 357 g/mol. The third-order valence-corrected chi connectivity index (χ3v) is 4.57. The number of nitrogens with one attached hydrogen (secondary N) is 1. The number of nitrogens with zero attached hydrogens (tertiary/aromatic N) is 5. The molecule has 0 saturated carbocycles. The smallest absolute Gasteiger partial charge is 0.384 e. The van der Waals surface area contributed by atoms with Gasteiger partial charge in [-0.25, -0.2) is 15.0 Å². The molecule has 0 spiro atoms. The van der Waals surface area contributed by atoms with Gasteiger partial charge in [-0.2, -0.15) is 17.5 Å². The van der Waals surface area contributed by atoms with Gasteiger partial charge < -0.3 is 15.0 Å². The molecule has 3 heterocycles. The molecular formula is C14H17F3N6OS. The number of aromatic nitrogens is 4. The van der Waals surface area contributed by atoms with Gasteiger partial charge in [-0.1, -0.05) is 0 Å². The maximum absolute atomic E-state index is 12.7. The fraction of sp³-hybridized carbons (Fsp3) is 0.571. The van der Waals surface area contributed by atoms with Gasteiger partial charge in [0.1, 0.15) is 23.7 Å². The molecule has 1 aliphatic rings. The standard InChI is InChI=1S/C14H17F3N6OS/c1-24-5-3-11-21-13(25-22-11)23-4-2-9(7-23)20-12-6-10(14(15,16)17)18-8-19-12/h6,8-9H,2-5,7H2,1H3,(H,18,19,20). The van der Waals surface area contributed by atoms with E-state index < -0.39 is 11.9 Å². The number of alkyl halides is 3. The van der Waals surface area contributed by atoms with E-state index in [1.807, 2.05) is 0 Å². The van der Waals surface area contributed by atoms with Gasteiger partial charge in [0.25, 0.3) is 0 Å². The predicted molar refractivity (Wildman–Crippen MR) is 86.8 cm³/mol. The number of hydrogen-bond acceptors (Lipinski definition) is 8. The van der Waals surface area contributed by atoms with Gasteiger partial charge in [0, 0.05) is 50.3 Å². The molecule has 0 aromatic carbocycles. The van der Waals surface area contributed by atoms with Crippen LogP contribution in [0, 0.1) is 0 Å². The highest BCUT2D eigenvalue weighted by atomic mass is 32.1. The van der Waals surface area contributed by atoms with E-state index in [1.54, 1.807) is 7.11 Å². The Kier molecular flexibility index (Phi) is 5.33. The molecule has 3 rings (SSSR count). The maximum atomic E-state index is 12.7. The number of methoxy groups -OCH3 is 1. The summed E-state index contributed by atoms with van der Waals surface area (Å²) in [7, 11) is 1.63. The van der Waals surface area contributed by atoms with Crippen LogP contribution in [0.25, 0.3) is 0 Å². The van der Waals surface area contributed by atoms with E-state index in [0.717, 1.165) is 36.3 Å². The second kappa shape index (κ2) is 7.48. The van der Waals surface area contributed by atoms with Crippen LogP contribution in [0.4, 0.5) is 24.1 Å². The first kappa shape index (κ1) is 17.8. The molecule has 7 nitrogen and oxygen atoms in total. The SMILES string of the molecule is COCCc1nsc(N2CCC(Nc3cc(C(F)(F)F)ncn3)C2)n1. The number of hydrogen-bond donors (Lipinski definition) is 1. The lowest BCUT2D eigenvalue weighted by Gasteiger charge is -2.16. The van der Waals surface area contributed by atoms with Gasteiger partial charge in [0.15, 0.2) is 0 Å². The van der Waals surface area contributed by atoms with Crippen molar-refractivity contribution in [3.05, 3.63) is 23.9 Å². The van der Waals surface area contributed by atoms with Crippen LogP contribution >= 0.6 is 11.5 Å². The van der Waals surface area contributed by atoms with Crippen molar-refractivity contribution < 1.29 is 17.9 Å². The van der Waals surface area contributed by atoms with E-state index in [4.69, 9.17) is 4.74 Å². The summed E-state index contributed by atoms with van der Waals surface area (Å²) in [4.78, 5) is 13.7. The van der Waals surface area contributed by atoms with Crippen LogP contribution < -0.4 is 10.2 Å². The van der Waals surface area contributed by atoms with Gasteiger partial charge in [0.2, 0.25) is 5.13 Å². The number of halogens is 3. The second-order valence-electron chi connectivity index (χ2n) is 5.60. The van der Waals surface area contributed by atoms with E-state index >= 15 is 0 Å². The van der Waals surface area contributed by atoms with Gasteiger partial charge in [0.05, 0.1) is 6.61 Å². The van der Waals surface area contributed by atoms with Crippen molar-refractivity contribution >= 4 is 22.5 Å². The first-order valence-corrected chi connectivity index (χ1v) is 8.45. The van der Waals surface area contributed by atoms with Crippen LogP contribution in [0.15, 0.2) is 12.4 Å². The highest BCUT2D eigenvalue weighted by Gasteiger charge is 2.33. The Morgan fingerprint density at radius 1 is 1.40 bits per heavy atom. The molecule has 0 amide bonds. The highest BCUT2D eigenvalue weighted by Crippen LogP contribution is 2.29. The normalized spacial score (nSPS) is 17.9. The molecule has 1 fully saturated rings. The Bertz CT molecular complexity index is 710. The average Bonchev–Trinajstić information content (AvgIpc) is 3.21. The largest absolute Gasteiger partial charge is 0.433 e. The summed E-state index contributed by atoms with van der Waals surface area (Å²) in [6.07, 6.45) is -2.13. The minimum atomic E-state index is -4.48. The number of anilines is 2. The van der Waals surface area contributed by atoms with Crippen molar-refractivity contribution in [3.8, 4) is 0 Å². The first-order chi connectivity index (χ1) is 12.0. The third-order valence-electron chi connectivity index (χ3n) is 3.76. The summed E-state index contributed by atoms with van der Waals surface area (Å²) in [5.41, 5.74) is -0.952. The zero-order valence-corrected chi connectivity index (χ0v) is 14.3. The van der Waals surface area contributed by atoms with Crippen molar-refractivity contribution in [2.75, 3.05) is 37.0 Å². The van der Waals surface area contributed by atoms with Crippen molar-refractivity contribution in [1.29, 1.82) is 0 Å². The lowest BCUT2D eigenvalue weighted by atomic mass is 10.2. The summed E-state index contributed by atoms with van der Waals surface area (Å²) in [6, 6.07) is 0.915. The van der Waals surface area contributed by atoms with Gasteiger partial charge in [-0.05, 0) is 6.42 Å².